The summed E-state index contributed by atoms with van der Waals surface area (Å²) in [6.07, 6.45) is 3.52. The van der Waals surface area contributed by atoms with Crippen molar-refractivity contribution in [1.29, 1.82) is 0 Å². The highest BCUT2D eigenvalue weighted by Gasteiger charge is 2.24. The van der Waals surface area contributed by atoms with Crippen LogP contribution in [-0.4, -0.2) is 21.7 Å². The lowest BCUT2D eigenvalue weighted by atomic mass is 10.2. The van der Waals surface area contributed by atoms with Gasteiger partial charge in [0.1, 0.15) is 17.6 Å². The molecule has 1 saturated heterocycles. The number of nitrogens with zero attached hydrogens (tertiary/aromatic N) is 3. The molecule has 0 saturated carbocycles. The minimum atomic E-state index is -0.0843. The van der Waals surface area contributed by atoms with Gasteiger partial charge in [-0.15, -0.1) is 0 Å². The van der Waals surface area contributed by atoms with Crippen LogP contribution in [0.4, 0.5) is 0 Å². The Balaban J connectivity index is 1.47. The highest BCUT2D eigenvalue weighted by Crippen LogP contribution is 2.29. The summed E-state index contributed by atoms with van der Waals surface area (Å²) in [5.74, 6) is 3.04. The molecule has 24 heavy (non-hydrogen) atoms. The van der Waals surface area contributed by atoms with Gasteiger partial charge in [0.2, 0.25) is 11.7 Å². The van der Waals surface area contributed by atoms with Crippen LogP contribution >= 0.6 is 0 Å². The van der Waals surface area contributed by atoms with Crippen molar-refractivity contribution in [2.45, 2.75) is 32.5 Å². The van der Waals surface area contributed by atoms with Crippen molar-refractivity contribution in [3.63, 3.8) is 0 Å². The number of aromatic nitrogens is 3. The molecule has 1 atom stereocenters. The summed E-state index contributed by atoms with van der Waals surface area (Å²) >= 11 is 0. The first-order valence-corrected chi connectivity index (χ1v) is 7.88. The van der Waals surface area contributed by atoms with E-state index in [1.54, 1.807) is 6.20 Å². The van der Waals surface area contributed by atoms with Gasteiger partial charge in [-0.3, -0.25) is 0 Å². The molecule has 1 aliphatic rings. The first-order chi connectivity index (χ1) is 11.8. The maximum Gasteiger partial charge on any atom is 0.256 e. The highest BCUT2D eigenvalue weighted by molar-refractivity contribution is 5.56. The van der Waals surface area contributed by atoms with Crippen molar-refractivity contribution in [2.75, 3.05) is 6.61 Å². The Morgan fingerprint density at radius 1 is 1.33 bits per heavy atom. The number of hydrogen-bond donors (Lipinski definition) is 0. The molecule has 0 bridgehead atoms. The Kier molecular flexibility index (Phi) is 4.00. The molecular weight excluding hydrogens is 310 g/mol. The average Bonchev–Trinajstić information content (AvgIpc) is 3.34. The lowest BCUT2D eigenvalue weighted by molar-refractivity contribution is 0.0835. The molecule has 3 heterocycles. The summed E-state index contributed by atoms with van der Waals surface area (Å²) < 4.78 is 22.0. The van der Waals surface area contributed by atoms with E-state index in [1.165, 1.54) is 0 Å². The third kappa shape index (κ3) is 3.16. The largest absolute Gasteiger partial charge is 0.484 e. The summed E-state index contributed by atoms with van der Waals surface area (Å²) in [7, 11) is 0. The first-order valence-electron chi connectivity index (χ1n) is 7.88. The van der Waals surface area contributed by atoms with Gasteiger partial charge in [0.05, 0.1) is 6.20 Å². The molecule has 4 rings (SSSR count). The van der Waals surface area contributed by atoms with Crippen LogP contribution < -0.4 is 4.74 Å². The van der Waals surface area contributed by atoms with Gasteiger partial charge in [-0.05, 0) is 31.9 Å². The van der Waals surface area contributed by atoms with Gasteiger partial charge >= 0.3 is 0 Å². The molecule has 7 heteroatoms. The van der Waals surface area contributed by atoms with Crippen LogP contribution in [0.3, 0.4) is 0 Å². The molecule has 0 amide bonds. The van der Waals surface area contributed by atoms with Gasteiger partial charge in [-0.2, -0.15) is 4.98 Å². The number of ether oxygens (including phenoxy) is 2. The quantitative estimate of drug-likeness (QED) is 0.709. The second kappa shape index (κ2) is 6.45. The summed E-state index contributed by atoms with van der Waals surface area (Å²) in [5, 5.41) is 4.04. The smallest absolute Gasteiger partial charge is 0.256 e. The molecule has 124 valence electrons. The normalized spacial score (nSPS) is 17.3. The molecule has 0 unspecified atom stereocenters. The Hall–Kier alpha value is -2.67. The Labute approximate surface area is 138 Å². The van der Waals surface area contributed by atoms with Crippen LogP contribution in [0.2, 0.25) is 0 Å². The predicted octanol–water partition coefficient (Wildman–Crippen LogP) is 3.46. The third-order valence-corrected chi connectivity index (χ3v) is 3.77. The van der Waals surface area contributed by atoms with E-state index in [2.05, 4.69) is 15.1 Å². The fourth-order valence-corrected chi connectivity index (χ4v) is 2.59. The Morgan fingerprint density at radius 2 is 2.29 bits per heavy atom. The summed E-state index contributed by atoms with van der Waals surface area (Å²) in [4.78, 5) is 8.55. The van der Waals surface area contributed by atoms with Gasteiger partial charge in [0.25, 0.3) is 5.89 Å². The topological polar surface area (TPSA) is 83.4 Å². The molecule has 1 fully saturated rings. The average molecular weight is 327 g/mol. The van der Waals surface area contributed by atoms with Crippen molar-refractivity contribution in [3.8, 4) is 17.1 Å². The van der Waals surface area contributed by atoms with Crippen LogP contribution in [0, 0.1) is 6.92 Å². The maximum absolute atomic E-state index is 5.71. The number of hydrogen-bond acceptors (Lipinski definition) is 7. The fourth-order valence-electron chi connectivity index (χ4n) is 2.59. The van der Waals surface area contributed by atoms with E-state index in [-0.39, 0.29) is 12.7 Å². The molecular formula is C17H17N3O4. The van der Waals surface area contributed by atoms with Gasteiger partial charge in [-0.25, -0.2) is 4.98 Å². The highest BCUT2D eigenvalue weighted by atomic mass is 16.5. The van der Waals surface area contributed by atoms with Gasteiger partial charge in [-0.1, -0.05) is 17.3 Å². The Morgan fingerprint density at radius 3 is 3.08 bits per heavy atom. The number of aryl methyl sites for hydroxylation is 1. The van der Waals surface area contributed by atoms with Crippen molar-refractivity contribution in [1.82, 2.24) is 15.1 Å². The van der Waals surface area contributed by atoms with Crippen molar-refractivity contribution in [2.24, 2.45) is 0 Å². The zero-order valence-electron chi connectivity index (χ0n) is 13.3. The summed E-state index contributed by atoms with van der Waals surface area (Å²) in [5.41, 5.74) is 0.823. The number of benzene rings is 1. The van der Waals surface area contributed by atoms with E-state index in [4.69, 9.17) is 18.4 Å². The monoisotopic (exact) mass is 327 g/mol. The molecule has 7 nitrogen and oxygen atoms in total. The molecule has 0 N–H and O–H groups in total. The standard InChI is InChI=1S/C17H17N3O4/c1-11-9-18-15(23-11)10-22-13-5-2-4-12(8-13)16-19-17(24-20-16)14-6-3-7-21-14/h2,4-5,8-9,14H,3,6-7,10H2,1H3/t14-/m0/s1. The minimum absolute atomic E-state index is 0.0843. The van der Waals surface area contributed by atoms with Crippen molar-refractivity contribution in [3.05, 3.63) is 48.0 Å². The number of rotatable bonds is 5. The van der Waals surface area contributed by atoms with E-state index >= 15 is 0 Å². The predicted molar refractivity (Wildman–Crippen MR) is 83.2 cm³/mol. The summed E-state index contributed by atoms with van der Waals surface area (Å²) in [6.45, 7) is 2.86. The molecule has 1 aliphatic heterocycles. The first kappa shape index (κ1) is 14.9. The van der Waals surface area contributed by atoms with E-state index in [0.29, 0.717) is 23.4 Å². The lowest BCUT2D eigenvalue weighted by Crippen LogP contribution is -1.96. The van der Waals surface area contributed by atoms with Crippen LogP contribution in [0.15, 0.2) is 39.4 Å². The van der Waals surface area contributed by atoms with Crippen molar-refractivity contribution >= 4 is 0 Å². The van der Waals surface area contributed by atoms with E-state index in [1.807, 2.05) is 31.2 Å². The zero-order chi connectivity index (χ0) is 16.4. The molecule has 3 aromatic rings. The molecule has 0 aliphatic carbocycles. The maximum atomic E-state index is 5.71. The number of oxazole rings is 1. The van der Waals surface area contributed by atoms with Crippen LogP contribution in [0.1, 0.15) is 36.5 Å². The fraction of sp³-hybridized carbons (Fsp3) is 0.353. The van der Waals surface area contributed by atoms with Crippen LogP contribution in [0.25, 0.3) is 11.4 Å². The molecule has 2 aromatic heterocycles. The van der Waals surface area contributed by atoms with E-state index in [0.717, 1.165) is 30.8 Å². The van der Waals surface area contributed by atoms with Gasteiger partial charge < -0.3 is 18.4 Å². The Bertz CT molecular complexity index is 821. The summed E-state index contributed by atoms with van der Waals surface area (Å²) in [6, 6.07) is 7.51. The van der Waals surface area contributed by atoms with E-state index in [9.17, 15) is 0 Å². The molecule has 0 radical (unpaired) electrons. The lowest BCUT2D eigenvalue weighted by Gasteiger charge is -2.04. The van der Waals surface area contributed by atoms with Gasteiger partial charge in [0, 0.05) is 12.2 Å². The molecule has 0 spiro atoms. The van der Waals surface area contributed by atoms with Crippen LogP contribution in [0.5, 0.6) is 5.75 Å². The second-order valence-electron chi connectivity index (χ2n) is 5.64. The second-order valence-corrected chi connectivity index (χ2v) is 5.64. The molecule has 1 aromatic carbocycles. The van der Waals surface area contributed by atoms with E-state index < -0.39 is 0 Å². The van der Waals surface area contributed by atoms with Crippen LogP contribution in [-0.2, 0) is 11.3 Å². The zero-order valence-corrected chi connectivity index (χ0v) is 13.3. The van der Waals surface area contributed by atoms with Gasteiger partial charge in [0.15, 0.2) is 6.61 Å². The SMILES string of the molecule is Cc1cnc(COc2cccc(-c3noc([C@@H]4CCCO4)n3)c2)o1. The van der Waals surface area contributed by atoms with Crippen molar-refractivity contribution < 1.29 is 18.4 Å². The third-order valence-electron chi connectivity index (χ3n) is 3.77. The minimum Gasteiger partial charge on any atom is -0.484 e.